The molecule has 2 atom stereocenters. The second-order valence-electron chi connectivity index (χ2n) is 6.60. The van der Waals surface area contributed by atoms with E-state index in [1.165, 1.54) is 27.3 Å². The Kier molecular flexibility index (Phi) is 5.32. The van der Waals surface area contributed by atoms with Gasteiger partial charge in [0.15, 0.2) is 0 Å². The Labute approximate surface area is 156 Å². The third-order valence-electron chi connectivity index (χ3n) is 4.94. The molecule has 0 aromatic heterocycles. The third-order valence-corrected chi connectivity index (χ3v) is 7.37. The van der Waals surface area contributed by atoms with E-state index in [0.717, 1.165) is 6.54 Å². The van der Waals surface area contributed by atoms with Crippen LogP contribution in [-0.4, -0.2) is 25.9 Å². The zero-order chi connectivity index (χ0) is 16.9. The van der Waals surface area contributed by atoms with Gasteiger partial charge in [-0.15, -0.1) is 0 Å². The van der Waals surface area contributed by atoms with E-state index >= 15 is 0 Å². The van der Waals surface area contributed by atoms with Crippen molar-refractivity contribution < 1.29 is 0 Å². The minimum absolute atomic E-state index is 0.558. The topological polar surface area (TPSA) is 3.24 Å². The van der Waals surface area contributed by atoms with Crippen molar-refractivity contribution in [3.63, 3.8) is 0 Å². The van der Waals surface area contributed by atoms with Crippen molar-refractivity contribution in [2.45, 2.75) is 30.4 Å². The molecule has 1 aliphatic rings. The summed E-state index contributed by atoms with van der Waals surface area (Å²) >= 11 is 0.558. The molecule has 1 heterocycles. The van der Waals surface area contributed by atoms with Crippen LogP contribution in [0.25, 0.3) is 0 Å². The SMILES string of the molecule is c1ccc(CN2C(C[Se]c3ccccc3)CC2c2ccccc2)cc1. The predicted octanol–water partition coefficient (Wildman–Crippen LogP) is 4.45. The van der Waals surface area contributed by atoms with Crippen molar-refractivity contribution in [1.29, 1.82) is 0 Å². The molecule has 3 aromatic carbocycles. The summed E-state index contributed by atoms with van der Waals surface area (Å²) in [6.45, 7) is 1.05. The van der Waals surface area contributed by atoms with E-state index in [2.05, 4.69) is 95.9 Å². The standard InChI is InChI=1S/C23H23NSe/c1-4-10-19(11-5-1)17-24-21(18-25-22-14-8-3-9-15-22)16-23(24)20-12-6-2-7-13-20/h1-15,21,23H,16-18H2. The van der Waals surface area contributed by atoms with E-state index < -0.39 is 0 Å². The Bertz CT molecular complexity index is 771. The Morgan fingerprint density at radius 1 is 0.760 bits per heavy atom. The number of nitrogens with zero attached hydrogens (tertiary/aromatic N) is 1. The van der Waals surface area contributed by atoms with Crippen LogP contribution in [-0.2, 0) is 6.54 Å². The van der Waals surface area contributed by atoms with E-state index in [-0.39, 0.29) is 0 Å². The summed E-state index contributed by atoms with van der Waals surface area (Å²) < 4.78 is 1.51. The van der Waals surface area contributed by atoms with E-state index in [4.69, 9.17) is 0 Å². The molecule has 1 nitrogen and oxygen atoms in total. The number of hydrogen-bond acceptors (Lipinski definition) is 1. The number of benzene rings is 3. The molecule has 126 valence electrons. The van der Waals surface area contributed by atoms with E-state index in [1.54, 1.807) is 0 Å². The van der Waals surface area contributed by atoms with Crippen LogP contribution < -0.4 is 4.46 Å². The first kappa shape index (κ1) is 16.6. The molecular weight excluding hydrogens is 369 g/mol. The summed E-state index contributed by atoms with van der Waals surface area (Å²) in [5, 5.41) is 1.30. The van der Waals surface area contributed by atoms with E-state index in [9.17, 15) is 0 Å². The van der Waals surface area contributed by atoms with Gasteiger partial charge in [0.2, 0.25) is 0 Å². The summed E-state index contributed by atoms with van der Waals surface area (Å²) in [5.41, 5.74) is 2.88. The molecule has 0 N–H and O–H groups in total. The zero-order valence-electron chi connectivity index (χ0n) is 14.3. The average molecular weight is 392 g/mol. The van der Waals surface area contributed by atoms with Crippen LogP contribution in [0.3, 0.4) is 0 Å². The van der Waals surface area contributed by atoms with Crippen LogP contribution in [0.2, 0.25) is 5.32 Å². The van der Waals surface area contributed by atoms with Crippen LogP contribution in [0, 0.1) is 0 Å². The fourth-order valence-corrected chi connectivity index (χ4v) is 5.78. The van der Waals surface area contributed by atoms with Gasteiger partial charge >= 0.3 is 157 Å². The van der Waals surface area contributed by atoms with Crippen molar-refractivity contribution in [2.75, 3.05) is 0 Å². The second kappa shape index (κ2) is 8.01. The van der Waals surface area contributed by atoms with Gasteiger partial charge in [0, 0.05) is 0 Å². The van der Waals surface area contributed by atoms with Gasteiger partial charge in [-0.1, -0.05) is 0 Å². The molecule has 2 heteroatoms. The van der Waals surface area contributed by atoms with Crippen LogP contribution in [0.5, 0.6) is 0 Å². The molecule has 1 saturated heterocycles. The summed E-state index contributed by atoms with van der Waals surface area (Å²) in [7, 11) is 0. The molecule has 1 fully saturated rings. The molecule has 3 aromatic rings. The molecule has 0 saturated carbocycles. The van der Waals surface area contributed by atoms with Gasteiger partial charge in [0.05, 0.1) is 0 Å². The van der Waals surface area contributed by atoms with Crippen LogP contribution in [0.15, 0.2) is 91.0 Å². The van der Waals surface area contributed by atoms with Crippen molar-refractivity contribution in [3.8, 4) is 0 Å². The molecule has 0 spiro atoms. The average Bonchev–Trinajstić information content (AvgIpc) is 2.68. The zero-order valence-corrected chi connectivity index (χ0v) is 16.0. The first-order valence-electron chi connectivity index (χ1n) is 8.92. The van der Waals surface area contributed by atoms with Gasteiger partial charge in [0.1, 0.15) is 0 Å². The normalized spacial score (nSPS) is 20.2. The molecular formula is C23H23NSe. The van der Waals surface area contributed by atoms with Crippen LogP contribution in [0.4, 0.5) is 0 Å². The van der Waals surface area contributed by atoms with Gasteiger partial charge in [-0.05, 0) is 0 Å². The maximum absolute atomic E-state index is 2.70. The number of likely N-dealkylation sites (tertiary alicyclic amines) is 1. The van der Waals surface area contributed by atoms with Crippen molar-refractivity contribution in [3.05, 3.63) is 102 Å². The minimum atomic E-state index is 0.558. The Morgan fingerprint density at radius 2 is 1.36 bits per heavy atom. The first-order chi connectivity index (χ1) is 12.4. The Balaban J connectivity index is 1.47. The summed E-state index contributed by atoms with van der Waals surface area (Å²) in [6.07, 6.45) is 1.28. The molecule has 1 aliphatic heterocycles. The fraction of sp³-hybridized carbons (Fsp3) is 0.217. The van der Waals surface area contributed by atoms with Gasteiger partial charge in [-0.2, -0.15) is 0 Å². The van der Waals surface area contributed by atoms with Crippen molar-refractivity contribution in [1.82, 2.24) is 4.90 Å². The molecule has 2 unspecified atom stereocenters. The molecule has 0 amide bonds. The number of rotatable bonds is 6. The van der Waals surface area contributed by atoms with Crippen LogP contribution in [0.1, 0.15) is 23.6 Å². The fourth-order valence-electron chi connectivity index (χ4n) is 3.55. The molecule has 0 bridgehead atoms. The van der Waals surface area contributed by atoms with Crippen molar-refractivity contribution >= 4 is 19.4 Å². The Morgan fingerprint density at radius 3 is 2.04 bits per heavy atom. The van der Waals surface area contributed by atoms with Gasteiger partial charge in [-0.25, -0.2) is 0 Å². The van der Waals surface area contributed by atoms with Crippen molar-refractivity contribution in [2.24, 2.45) is 0 Å². The molecule has 4 rings (SSSR count). The predicted molar refractivity (Wildman–Crippen MR) is 106 cm³/mol. The first-order valence-corrected chi connectivity index (χ1v) is 11.0. The molecule has 0 radical (unpaired) electrons. The molecule has 25 heavy (non-hydrogen) atoms. The van der Waals surface area contributed by atoms with Gasteiger partial charge < -0.3 is 0 Å². The molecule has 0 aliphatic carbocycles. The Hall–Kier alpha value is -1.86. The summed E-state index contributed by atoms with van der Waals surface area (Å²) in [6, 6.07) is 34.1. The quantitative estimate of drug-likeness (QED) is 0.561. The summed E-state index contributed by atoms with van der Waals surface area (Å²) in [4.78, 5) is 2.70. The van der Waals surface area contributed by atoms with E-state index in [1.807, 2.05) is 0 Å². The van der Waals surface area contributed by atoms with Gasteiger partial charge in [-0.3, -0.25) is 0 Å². The van der Waals surface area contributed by atoms with Crippen LogP contribution >= 0.6 is 0 Å². The van der Waals surface area contributed by atoms with E-state index in [0.29, 0.717) is 27.0 Å². The maximum atomic E-state index is 2.70. The third kappa shape index (κ3) is 4.04. The second-order valence-corrected chi connectivity index (χ2v) is 8.89. The monoisotopic (exact) mass is 393 g/mol. The van der Waals surface area contributed by atoms with Gasteiger partial charge in [0.25, 0.3) is 0 Å². The number of hydrogen-bond donors (Lipinski definition) is 0. The summed E-state index contributed by atoms with van der Waals surface area (Å²) in [5.74, 6) is 0.